The number of aryl methyl sites for hydroxylation is 1. The molecule has 1 aromatic heterocycles. The van der Waals surface area contributed by atoms with Crippen LogP contribution in [0.25, 0.3) is 0 Å². The van der Waals surface area contributed by atoms with Crippen LogP contribution in [0.1, 0.15) is 68.2 Å². The number of hydrogen-bond acceptors (Lipinski definition) is 6. The van der Waals surface area contributed by atoms with E-state index in [4.69, 9.17) is 9.84 Å². The number of nitrogens with zero attached hydrogens (tertiary/aromatic N) is 1. The second-order valence-corrected chi connectivity index (χ2v) is 10.0. The Morgan fingerprint density at radius 2 is 1.80 bits per heavy atom. The molecule has 0 spiro atoms. The zero-order chi connectivity index (χ0) is 24.8. The molecule has 2 aromatic carbocycles. The van der Waals surface area contributed by atoms with Gasteiger partial charge in [-0.1, -0.05) is 30.5 Å². The van der Waals surface area contributed by atoms with Crippen LogP contribution in [-0.4, -0.2) is 34.2 Å². The van der Waals surface area contributed by atoms with E-state index < -0.39 is 5.97 Å². The van der Waals surface area contributed by atoms with Gasteiger partial charge in [0.05, 0.1) is 24.3 Å². The second kappa shape index (κ2) is 11.4. The largest absolute Gasteiger partial charge is 0.493 e. The molecule has 1 aliphatic carbocycles. The van der Waals surface area contributed by atoms with Gasteiger partial charge in [-0.3, -0.25) is 9.59 Å². The van der Waals surface area contributed by atoms with Crippen molar-refractivity contribution in [3.05, 3.63) is 80.8 Å². The van der Waals surface area contributed by atoms with Gasteiger partial charge < -0.3 is 9.84 Å². The lowest BCUT2D eigenvalue weighted by atomic mass is 9.90. The molecular formula is C28H29NO5S. The molecule has 1 aliphatic rings. The number of thiazole rings is 1. The smallest absolute Gasteiger partial charge is 0.335 e. The monoisotopic (exact) mass is 491 g/mol. The zero-order valence-electron chi connectivity index (χ0n) is 19.8. The highest BCUT2D eigenvalue weighted by Crippen LogP contribution is 2.30. The average Bonchev–Trinajstić information content (AvgIpc) is 3.53. The molecule has 0 aliphatic heterocycles. The lowest BCUT2D eigenvalue weighted by molar-refractivity contribution is -0.117. The van der Waals surface area contributed by atoms with Gasteiger partial charge in [-0.25, -0.2) is 9.78 Å². The van der Waals surface area contributed by atoms with E-state index in [9.17, 15) is 14.4 Å². The van der Waals surface area contributed by atoms with Crippen LogP contribution in [0.2, 0.25) is 0 Å². The molecule has 1 fully saturated rings. The summed E-state index contributed by atoms with van der Waals surface area (Å²) in [4.78, 5) is 41.4. The van der Waals surface area contributed by atoms with Crippen LogP contribution in [0.15, 0.2) is 47.8 Å². The summed E-state index contributed by atoms with van der Waals surface area (Å²) in [5, 5.41) is 11.6. The molecule has 0 radical (unpaired) electrons. The highest BCUT2D eigenvalue weighted by atomic mass is 32.1. The molecule has 0 amide bonds. The van der Waals surface area contributed by atoms with Crippen LogP contribution in [0, 0.1) is 12.8 Å². The van der Waals surface area contributed by atoms with E-state index in [-0.39, 0.29) is 35.9 Å². The number of hydrogen-bond donors (Lipinski definition) is 1. The summed E-state index contributed by atoms with van der Waals surface area (Å²) in [5.41, 5.74) is 3.63. The van der Waals surface area contributed by atoms with Gasteiger partial charge in [0.1, 0.15) is 16.5 Å². The zero-order valence-corrected chi connectivity index (χ0v) is 20.6. The maximum Gasteiger partial charge on any atom is 0.335 e. The molecule has 1 N–H and O–H groups in total. The van der Waals surface area contributed by atoms with Crippen LogP contribution < -0.4 is 4.74 Å². The van der Waals surface area contributed by atoms with Crippen molar-refractivity contribution in [2.24, 2.45) is 5.92 Å². The van der Waals surface area contributed by atoms with Gasteiger partial charge in [0.2, 0.25) is 0 Å². The van der Waals surface area contributed by atoms with Crippen LogP contribution in [0.5, 0.6) is 5.75 Å². The summed E-state index contributed by atoms with van der Waals surface area (Å²) in [5.74, 6) is -0.0561. The Kier molecular flexibility index (Phi) is 8.08. The predicted octanol–water partition coefficient (Wildman–Crippen LogP) is 5.50. The maximum absolute atomic E-state index is 13.1. The standard InChI is InChI=1S/C28H29NO5S/c1-18-6-7-21(25(14-18)27(31)19-4-2-3-5-19)15-23(30)16-26-29-22(17-35-26)12-13-34-24-10-8-20(9-11-24)28(32)33/h6-11,14,17,19H,2-5,12-13,15-16H2,1H3,(H,32,33). The van der Waals surface area contributed by atoms with E-state index in [1.807, 2.05) is 30.5 Å². The van der Waals surface area contributed by atoms with Gasteiger partial charge in [0, 0.05) is 29.7 Å². The minimum Gasteiger partial charge on any atom is -0.493 e. The van der Waals surface area contributed by atoms with Crippen molar-refractivity contribution in [3.63, 3.8) is 0 Å². The first kappa shape index (κ1) is 24.8. The molecule has 0 saturated heterocycles. The highest BCUT2D eigenvalue weighted by Gasteiger charge is 2.26. The highest BCUT2D eigenvalue weighted by molar-refractivity contribution is 7.09. The summed E-state index contributed by atoms with van der Waals surface area (Å²) >= 11 is 1.45. The molecule has 0 unspecified atom stereocenters. The number of ether oxygens (including phenoxy) is 1. The molecule has 6 nitrogen and oxygen atoms in total. The molecule has 1 saturated carbocycles. The Bertz CT molecular complexity index is 1210. The van der Waals surface area contributed by atoms with Gasteiger partial charge in [-0.2, -0.15) is 0 Å². The van der Waals surface area contributed by atoms with E-state index in [1.54, 1.807) is 12.1 Å². The van der Waals surface area contributed by atoms with Crippen LogP contribution >= 0.6 is 11.3 Å². The third-order valence-corrected chi connectivity index (χ3v) is 7.22. The van der Waals surface area contributed by atoms with Gasteiger partial charge in [0.15, 0.2) is 5.78 Å². The first-order chi connectivity index (χ1) is 16.9. The Labute approximate surface area is 209 Å². The van der Waals surface area contributed by atoms with E-state index >= 15 is 0 Å². The van der Waals surface area contributed by atoms with Crippen molar-refractivity contribution < 1.29 is 24.2 Å². The number of aromatic nitrogens is 1. The van der Waals surface area contributed by atoms with Gasteiger partial charge in [-0.15, -0.1) is 11.3 Å². The van der Waals surface area contributed by atoms with Gasteiger partial charge >= 0.3 is 5.97 Å². The van der Waals surface area contributed by atoms with Crippen LogP contribution in [0.3, 0.4) is 0 Å². The van der Waals surface area contributed by atoms with E-state index in [0.717, 1.165) is 47.5 Å². The van der Waals surface area contributed by atoms with Crippen molar-refractivity contribution in [1.29, 1.82) is 0 Å². The summed E-state index contributed by atoms with van der Waals surface area (Å²) in [6, 6.07) is 12.1. The van der Waals surface area contributed by atoms with Crippen LogP contribution in [-0.2, 0) is 24.1 Å². The van der Waals surface area contributed by atoms with E-state index in [2.05, 4.69) is 4.98 Å². The number of carbonyl (C=O) groups is 3. The van der Waals surface area contributed by atoms with Gasteiger partial charge in [-0.05, 0) is 55.7 Å². The van der Waals surface area contributed by atoms with Crippen LogP contribution in [0.4, 0.5) is 0 Å². The minimum atomic E-state index is -0.972. The third-order valence-electron chi connectivity index (χ3n) is 6.32. The summed E-state index contributed by atoms with van der Waals surface area (Å²) in [6.45, 7) is 2.38. The molecule has 1 heterocycles. The first-order valence-corrected chi connectivity index (χ1v) is 12.8. The Morgan fingerprint density at radius 3 is 2.51 bits per heavy atom. The molecule has 182 valence electrons. The number of benzene rings is 2. The Balaban J connectivity index is 1.30. The average molecular weight is 492 g/mol. The van der Waals surface area contributed by atoms with Crippen molar-refractivity contribution in [2.75, 3.05) is 6.61 Å². The second-order valence-electron chi connectivity index (χ2n) is 9.06. The lowest BCUT2D eigenvalue weighted by Gasteiger charge is -2.13. The molecule has 35 heavy (non-hydrogen) atoms. The minimum absolute atomic E-state index is 0.0463. The van der Waals surface area contributed by atoms with E-state index in [0.29, 0.717) is 24.3 Å². The molecular weight excluding hydrogens is 462 g/mol. The fraction of sp³-hybridized carbons (Fsp3) is 0.357. The first-order valence-electron chi connectivity index (χ1n) is 11.9. The molecule has 0 atom stereocenters. The molecule has 0 bridgehead atoms. The molecule has 3 aromatic rings. The fourth-order valence-electron chi connectivity index (χ4n) is 4.44. The number of aromatic carboxylic acids is 1. The molecule has 4 rings (SSSR count). The number of carbonyl (C=O) groups excluding carboxylic acids is 2. The fourth-order valence-corrected chi connectivity index (χ4v) is 5.29. The third kappa shape index (κ3) is 6.63. The van der Waals surface area contributed by atoms with Crippen molar-refractivity contribution >= 4 is 28.9 Å². The Morgan fingerprint density at radius 1 is 1.06 bits per heavy atom. The quantitative estimate of drug-likeness (QED) is 0.356. The molecule has 7 heteroatoms. The number of ketones is 2. The number of carboxylic acid groups (broad SMARTS) is 1. The Hall–Kier alpha value is -3.32. The lowest BCUT2D eigenvalue weighted by Crippen LogP contribution is -2.16. The summed E-state index contributed by atoms with van der Waals surface area (Å²) in [7, 11) is 0. The number of rotatable bonds is 11. The van der Waals surface area contributed by atoms with Crippen molar-refractivity contribution in [1.82, 2.24) is 4.98 Å². The normalized spacial score (nSPS) is 13.6. The number of carboxylic acids is 1. The van der Waals surface area contributed by atoms with E-state index in [1.165, 1.54) is 23.5 Å². The van der Waals surface area contributed by atoms with Gasteiger partial charge in [0.25, 0.3) is 0 Å². The van der Waals surface area contributed by atoms with Crippen molar-refractivity contribution in [3.8, 4) is 5.75 Å². The topological polar surface area (TPSA) is 93.6 Å². The number of Topliss-reactive ketones (excluding diaryl/α,β-unsaturated/α-hetero) is 2. The SMILES string of the molecule is Cc1ccc(CC(=O)Cc2nc(CCOc3ccc(C(=O)O)cc3)cs2)c(C(=O)C2CCCC2)c1. The summed E-state index contributed by atoms with van der Waals surface area (Å²) in [6.07, 6.45) is 5.16. The maximum atomic E-state index is 13.1. The van der Waals surface area contributed by atoms with Crippen molar-refractivity contribution in [2.45, 2.75) is 51.9 Å². The summed E-state index contributed by atoms with van der Waals surface area (Å²) < 4.78 is 5.67. The predicted molar refractivity (Wildman–Crippen MR) is 135 cm³/mol.